The molecule has 0 spiro atoms. The first-order chi connectivity index (χ1) is 15.0. The van der Waals surface area contributed by atoms with E-state index < -0.39 is 23.1 Å². The van der Waals surface area contributed by atoms with Crippen molar-refractivity contribution in [2.24, 2.45) is 21.1 Å². The zero-order valence-corrected chi connectivity index (χ0v) is 19.3. The maximum Gasteiger partial charge on any atom is 0.416 e. The van der Waals surface area contributed by atoms with E-state index in [2.05, 4.69) is 5.10 Å². The zero-order chi connectivity index (χ0) is 23.9. The molecule has 0 aliphatic heterocycles. The lowest BCUT2D eigenvalue weighted by Crippen LogP contribution is -2.37. The van der Waals surface area contributed by atoms with Crippen LogP contribution >= 0.6 is 0 Å². The number of fused-ring (bicyclic) bond motifs is 1. The fourth-order valence-corrected chi connectivity index (χ4v) is 3.85. The van der Waals surface area contributed by atoms with Crippen molar-refractivity contribution in [2.75, 3.05) is 13.1 Å². The average molecular weight is 441 g/mol. The number of ketones is 1. The Morgan fingerprint density at radius 2 is 1.66 bits per heavy atom. The third-order valence-electron chi connectivity index (χ3n) is 5.74. The van der Waals surface area contributed by atoms with Gasteiger partial charge in [-0.1, -0.05) is 0 Å². The van der Waals surface area contributed by atoms with E-state index in [4.69, 9.17) is 4.74 Å². The summed E-state index contributed by atoms with van der Waals surface area (Å²) in [5, 5.41) is 4.54. The molecular formula is C22H27N5O5. The van der Waals surface area contributed by atoms with Gasteiger partial charge in [-0.3, -0.25) is 18.7 Å². The molecule has 0 fully saturated rings. The van der Waals surface area contributed by atoms with Gasteiger partial charge in [0.2, 0.25) is 11.7 Å². The molecule has 0 saturated carbocycles. The van der Waals surface area contributed by atoms with Crippen LogP contribution < -0.4 is 16.0 Å². The number of ether oxygens (including phenoxy) is 1. The number of aryl methyl sites for hydroxylation is 4. The normalized spacial score (nSPS) is 11.1. The number of carbonyl (C=O) groups is 2. The molecule has 0 saturated heterocycles. The van der Waals surface area contributed by atoms with Crippen LogP contribution in [0.15, 0.2) is 21.7 Å². The number of benzene rings is 1. The molecule has 3 aromatic rings. The van der Waals surface area contributed by atoms with E-state index in [1.54, 1.807) is 40.1 Å². The monoisotopic (exact) mass is 441 g/mol. The molecule has 1 amide bonds. The predicted octanol–water partition coefficient (Wildman–Crippen LogP) is 1.66. The molecule has 0 N–H and O–H groups in total. The third-order valence-corrected chi connectivity index (χ3v) is 5.74. The van der Waals surface area contributed by atoms with Crippen molar-refractivity contribution >= 4 is 22.8 Å². The maximum atomic E-state index is 13.6. The molecule has 0 bridgehead atoms. The number of aromatic nitrogens is 4. The van der Waals surface area contributed by atoms with E-state index in [1.165, 1.54) is 21.2 Å². The number of carbonyl (C=O) groups excluding carboxylic acids is 2. The van der Waals surface area contributed by atoms with Crippen LogP contribution in [0.2, 0.25) is 0 Å². The van der Waals surface area contributed by atoms with Gasteiger partial charge in [-0.25, -0.2) is 14.3 Å². The number of hydrogen-bond acceptors (Lipinski definition) is 6. The van der Waals surface area contributed by atoms with Crippen molar-refractivity contribution in [3.8, 4) is 5.88 Å². The summed E-state index contributed by atoms with van der Waals surface area (Å²) in [5.74, 6) is -0.384. The van der Waals surface area contributed by atoms with Crippen LogP contribution in [-0.4, -0.2) is 48.8 Å². The SMILES string of the molecule is CCN(CC)C(=O)Oc1c(C(=O)c2ccc3c(c2C)c(=O)n(C)c(=O)n3C)c(C)nn1C. The second-order valence-electron chi connectivity index (χ2n) is 7.60. The van der Waals surface area contributed by atoms with Gasteiger partial charge in [-0.2, -0.15) is 5.10 Å². The molecule has 0 radical (unpaired) electrons. The molecule has 1 aromatic carbocycles. The summed E-state index contributed by atoms with van der Waals surface area (Å²) < 4.78 is 9.27. The third kappa shape index (κ3) is 3.51. The van der Waals surface area contributed by atoms with Crippen LogP contribution in [0.4, 0.5) is 4.79 Å². The summed E-state index contributed by atoms with van der Waals surface area (Å²) in [6.45, 7) is 7.90. The van der Waals surface area contributed by atoms with E-state index >= 15 is 0 Å². The molecule has 32 heavy (non-hydrogen) atoms. The number of hydrogen-bond donors (Lipinski definition) is 0. The van der Waals surface area contributed by atoms with Gasteiger partial charge < -0.3 is 9.64 Å². The van der Waals surface area contributed by atoms with E-state index in [9.17, 15) is 19.2 Å². The summed E-state index contributed by atoms with van der Waals surface area (Å²) in [5.41, 5.74) is 0.756. The number of amides is 1. The molecule has 0 aliphatic rings. The minimum absolute atomic E-state index is 0.0391. The second kappa shape index (κ2) is 8.45. The van der Waals surface area contributed by atoms with Crippen LogP contribution in [0.3, 0.4) is 0 Å². The van der Waals surface area contributed by atoms with E-state index in [1.807, 2.05) is 13.8 Å². The minimum atomic E-state index is -0.578. The van der Waals surface area contributed by atoms with Crippen molar-refractivity contribution in [3.05, 3.63) is 55.4 Å². The highest BCUT2D eigenvalue weighted by atomic mass is 16.6. The summed E-state index contributed by atoms with van der Waals surface area (Å²) in [6.07, 6.45) is -0.578. The Labute approximate surface area is 184 Å². The summed E-state index contributed by atoms with van der Waals surface area (Å²) in [6, 6.07) is 3.15. The van der Waals surface area contributed by atoms with Crippen LogP contribution in [0.5, 0.6) is 5.88 Å². The Kier molecular flexibility index (Phi) is 6.07. The largest absolute Gasteiger partial charge is 0.416 e. The standard InChI is InChI=1S/C22H27N5O5/c1-8-27(9-2)22(31)32-20-17(13(4)23-26(20)7)18(28)14-10-11-15-16(12(14)3)19(29)25(6)21(30)24(15)5/h10-11H,8-9H2,1-7H3. The van der Waals surface area contributed by atoms with Gasteiger partial charge >= 0.3 is 11.8 Å². The Morgan fingerprint density at radius 1 is 1.03 bits per heavy atom. The van der Waals surface area contributed by atoms with Crippen LogP contribution in [-0.2, 0) is 21.1 Å². The first kappa shape index (κ1) is 23.0. The zero-order valence-electron chi connectivity index (χ0n) is 19.3. The molecule has 2 heterocycles. The highest BCUT2D eigenvalue weighted by molar-refractivity contribution is 6.14. The molecule has 0 unspecified atom stereocenters. The predicted molar refractivity (Wildman–Crippen MR) is 119 cm³/mol. The van der Waals surface area contributed by atoms with Gasteiger partial charge in [0.25, 0.3) is 5.56 Å². The van der Waals surface area contributed by atoms with Gasteiger partial charge in [-0.15, -0.1) is 0 Å². The quantitative estimate of drug-likeness (QED) is 0.557. The van der Waals surface area contributed by atoms with Crippen molar-refractivity contribution in [1.82, 2.24) is 23.8 Å². The van der Waals surface area contributed by atoms with Gasteiger partial charge in [0, 0.05) is 39.8 Å². The number of nitrogens with zero attached hydrogens (tertiary/aromatic N) is 5. The van der Waals surface area contributed by atoms with Gasteiger partial charge in [0.05, 0.1) is 16.6 Å². The molecular weight excluding hydrogens is 414 g/mol. The summed E-state index contributed by atoms with van der Waals surface area (Å²) in [7, 11) is 4.56. The first-order valence-electron chi connectivity index (χ1n) is 10.3. The molecule has 10 heteroatoms. The molecule has 10 nitrogen and oxygen atoms in total. The van der Waals surface area contributed by atoms with Crippen molar-refractivity contribution in [2.45, 2.75) is 27.7 Å². The smallest absolute Gasteiger partial charge is 0.391 e. The average Bonchev–Trinajstić information content (AvgIpc) is 3.03. The van der Waals surface area contributed by atoms with E-state index in [0.717, 1.165) is 4.57 Å². The second-order valence-corrected chi connectivity index (χ2v) is 7.60. The first-order valence-corrected chi connectivity index (χ1v) is 10.3. The number of rotatable bonds is 5. The highest BCUT2D eigenvalue weighted by Crippen LogP contribution is 2.28. The van der Waals surface area contributed by atoms with Crippen molar-refractivity contribution in [1.29, 1.82) is 0 Å². The van der Waals surface area contributed by atoms with E-state index in [-0.39, 0.29) is 22.4 Å². The van der Waals surface area contributed by atoms with Crippen LogP contribution in [0.25, 0.3) is 10.9 Å². The lowest BCUT2D eigenvalue weighted by molar-refractivity contribution is 0.103. The molecule has 2 aromatic heterocycles. The van der Waals surface area contributed by atoms with Crippen molar-refractivity contribution < 1.29 is 14.3 Å². The van der Waals surface area contributed by atoms with Gasteiger partial charge in [0.15, 0.2) is 0 Å². The van der Waals surface area contributed by atoms with E-state index in [0.29, 0.717) is 29.9 Å². The molecule has 170 valence electrons. The Bertz CT molecular complexity index is 1360. The highest BCUT2D eigenvalue weighted by Gasteiger charge is 2.28. The maximum absolute atomic E-state index is 13.6. The lowest BCUT2D eigenvalue weighted by Gasteiger charge is -2.18. The van der Waals surface area contributed by atoms with Crippen molar-refractivity contribution in [3.63, 3.8) is 0 Å². The molecule has 0 aliphatic carbocycles. The summed E-state index contributed by atoms with van der Waals surface area (Å²) in [4.78, 5) is 52.6. The fraction of sp³-hybridized carbons (Fsp3) is 0.409. The molecule has 0 atom stereocenters. The minimum Gasteiger partial charge on any atom is -0.391 e. The Morgan fingerprint density at radius 3 is 2.25 bits per heavy atom. The lowest BCUT2D eigenvalue weighted by atomic mass is 9.96. The van der Waals surface area contributed by atoms with Crippen LogP contribution in [0, 0.1) is 13.8 Å². The molecule has 3 rings (SSSR count). The van der Waals surface area contributed by atoms with Crippen LogP contribution in [0.1, 0.15) is 41.0 Å². The topological polar surface area (TPSA) is 108 Å². The summed E-state index contributed by atoms with van der Waals surface area (Å²) >= 11 is 0. The fourth-order valence-electron chi connectivity index (χ4n) is 3.85. The van der Waals surface area contributed by atoms with Gasteiger partial charge in [-0.05, 0) is 45.4 Å². The van der Waals surface area contributed by atoms with Gasteiger partial charge in [0.1, 0.15) is 5.56 Å². The Balaban J connectivity index is 2.19. The Hall–Kier alpha value is -3.69.